The molecule has 1 N–H and O–H groups in total. The van der Waals surface area contributed by atoms with Gasteiger partial charge in [0, 0.05) is 16.7 Å². The molecule has 4 nitrogen and oxygen atoms in total. The van der Waals surface area contributed by atoms with Crippen LogP contribution < -0.4 is 5.32 Å². The molecule has 1 aromatic carbocycles. The minimum Gasteiger partial charge on any atom is -0.459 e. The predicted octanol–water partition coefficient (Wildman–Crippen LogP) is 1.97. The van der Waals surface area contributed by atoms with Gasteiger partial charge in [0.25, 0.3) is 0 Å². The van der Waals surface area contributed by atoms with Gasteiger partial charge in [0.15, 0.2) is 0 Å². The van der Waals surface area contributed by atoms with Gasteiger partial charge < -0.3 is 9.73 Å². The highest BCUT2D eigenvalue weighted by Gasteiger charge is 2.37. The largest absolute Gasteiger partial charge is 0.459 e. The number of benzene rings is 1. The summed E-state index contributed by atoms with van der Waals surface area (Å²) in [5, 5.41) is 3.21. The molecule has 1 aliphatic heterocycles. The van der Waals surface area contributed by atoms with Gasteiger partial charge in [-0.2, -0.15) is 0 Å². The number of hydrogen-bond acceptors (Lipinski definition) is 4. The Balaban J connectivity index is 2.07. The maximum Gasteiger partial charge on any atom is 0.237 e. The molecular weight excluding hydrogens is 242 g/mol. The molecule has 0 spiro atoms. The standard InChI is InChI=1S/C15H11NO3/c17-13-8-3-1-2-4-9(8)15-12(14(13)18)10-5-6-16-7-11(10)19-15/h1-4,16H,5-7H2. The second-order valence-electron chi connectivity index (χ2n) is 4.84. The molecule has 1 aromatic heterocycles. The third kappa shape index (κ3) is 1.32. The van der Waals surface area contributed by atoms with Crippen molar-refractivity contribution in [3.05, 3.63) is 46.7 Å². The SMILES string of the molecule is O=C1C(=O)c2c(oc3c2CCNC3)-c2ccccc21. The van der Waals surface area contributed by atoms with Crippen LogP contribution in [0.25, 0.3) is 11.3 Å². The van der Waals surface area contributed by atoms with Crippen molar-refractivity contribution < 1.29 is 14.0 Å². The van der Waals surface area contributed by atoms with Gasteiger partial charge in [-0.3, -0.25) is 9.59 Å². The van der Waals surface area contributed by atoms with Crippen molar-refractivity contribution in [1.29, 1.82) is 0 Å². The molecule has 0 amide bonds. The number of fused-ring (bicyclic) bond motifs is 5. The first-order chi connectivity index (χ1) is 9.27. The highest BCUT2D eigenvalue weighted by molar-refractivity contribution is 6.53. The average molecular weight is 253 g/mol. The van der Waals surface area contributed by atoms with E-state index in [0.29, 0.717) is 23.4 Å². The van der Waals surface area contributed by atoms with E-state index in [2.05, 4.69) is 5.32 Å². The van der Waals surface area contributed by atoms with E-state index in [4.69, 9.17) is 4.42 Å². The van der Waals surface area contributed by atoms with Crippen LogP contribution in [0, 0.1) is 0 Å². The van der Waals surface area contributed by atoms with Gasteiger partial charge in [-0.15, -0.1) is 0 Å². The summed E-state index contributed by atoms with van der Waals surface area (Å²) in [5.74, 6) is 0.494. The topological polar surface area (TPSA) is 59.3 Å². The Labute approximate surface area is 109 Å². The molecule has 0 fully saturated rings. The first-order valence-corrected chi connectivity index (χ1v) is 6.31. The van der Waals surface area contributed by atoms with Gasteiger partial charge in [0.1, 0.15) is 11.5 Å². The molecule has 0 saturated carbocycles. The second kappa shape index (κ2) is 3.65. The number of nitrogens with one attached hydrogen (secondary N) is 1. The smallest absolute Gasteiger partial charge is 0.237 e. The van der Waals surface area contributed by atoms with Gasteiger partial charge in [0.05, 0.1) is 12.1 Å². The van der Waals surface area contributed by atoms with E-state index in [9.17, 15) is 9.59 Å². The van der Waals surface area contributed by atoms with Crippen molar-refractivity contribution >= 4 is 11.6 Å². The summed E-state index contributed by atoms with van der Waals surface area (Å²) in [6.07, 6.45) is 0.732. The van der Waals surface area contributed by atoms with Crippen molar-refractivity contribution in [3.8, 4) is 11.3 Å². The maximum absolute atomic E-state index is 12.3. The van der Waals surface area contributed by atoms with Crippen LogP contribution in [0.1, 0.15) is 32.0 Å². The molecule has 0 radical (unpaired) electrons. The Kier molecular flexibility index (Phi) is 2.05. The third-order valence-corrected chi connectivity index (χ3v) is 3.78. The number of rotatable bonds is 0. The zero-order valence-electron chi connectivity index (χ0n) is 10.2. The van der Waals surface area contributed by atoms with Gasteiger partial charge in [-0.1, -0.05) is 24.3 Å². The van der Waals surface area contributed by atoms with E-state index in [1.54, 1.807) is 12.1 Å². The van der Waals surface area contributed by atoms with Crippen LogP contribution in [0.4, 0.5) is 0 Å². The predicted molar refractivity (Wildman–Crippen MR) is 68.2 cm³/mol. The van der Waals surface area contributed by atoms with Crippen LogP contribution >= 0.6 is 0 Å². The summed E-state index contributed by atoms with van der Waals surface area (Å²) in [7, 11) is 0. The van der Waals surface area contributed by atoms with Crippen LogP contribution in [0.5, 0.6) is 0 Å². The normalized spacial score (nSPS) is 16.8. The fraction of sp³-hybridized carbons (Fsp3) is 0.200. The number of furan rings is 1. The maximum atomic E-state index is 12.3. The minimum atomic E-state index is -0.430. The fourth-order valence-electron chi connectivity index (χ4n) is 2.88. The Hall–Kier alpha value is -2.20. The van der Waals surface area contributed by atoms with Crippen LogP contribution in [0.15, 0.2) is 28.7 Å². The number of carbonyl (C=O) groups is 2. The number of hydrogen-bond donors (Lipinski definition) is 1. The minimum absolute atomic E-state index is 0.426. The molecular formula is C15H11NO3. The molecule has 0 saturated heterocycles. The fourth-order valence-corrected chi connectivity index (χ4v) is 2.88. The Morgan fingerprint density at radius 1 is 1.05 bits per heavy atom. The highest BCUT2D eigenvalue weighted by Crippen LogP contribution is 2.39. The van der Waals surface area contributed by atoms with E-state index >= 15 is 0 Å². The number of ketones is 2. The summed E-state index contributed by atoms with van der Waals surface area (Å²) < 4.78 is 5.84. The molecule has 0 unspecified atom stereocenters. The molecule has 2 heterocycles. The van der Waals surface area contributed by atoms with Crippen molar-refractivity contribution in [1.82, 2.24) is 5.32 Å². The first kappa shape index (κ1) is 10.7. The van der Waals surface area contributed by atoms with Crippen LogP contribution in [-0.2, 0) is 13.0 Å². The monoisotopic (exact) mass is 253 g/mol. The lowest BCUT2D eigenvalue weighted by molar-refractivity contribution is 0.0814. The summed E-state index contributed by atoms with van der Waals surface area (Å²) in [4.78, 5) is 24.4. The summed E-state index contributed by atoms with van der Waals surface area (Å²) in [6.45, 7) is 1.42. The summed E-state index contributed by atoms with van der Waals surface area (Å²) >= 11 is 0. The quantitative estimate of drug-likeness (QED) is 0.729. The lowest BCUT2D eigenvalue weighted by atomic mass is 9.86. The zero-order chi connectivity index (χ0) is 13.0. The van der Waals surface area contributed by atoms with Crippen molar-refractivity contribution in [2.24, 2.45) is 0 Å². The lowest BCUT2D eigenvalue weighted by Crippen LogP contribution is -2.26. The van der Waals surface area contributed by atoms with E-state index in [1.807, 2.05) is 12.1 Å². The Morgan fingerprint density at radius 2 is 1.84 bits per heavy atom. The molecule has 1 aliphatic carbocycles. The van der Waals surface area contributed by atoms with E-state index < -0.39 is 11.6 Å². The van der Waals surface area contributed by atoms with Crippen LogP contribution in [-0.4, -0.2) is 18.1 Å². The summed E-state index contributed by atoms with van der Waals surface area (Å²) in [6, 6.07) is 7.13. The molecule has 0 bridgehead atoms. The molecule has 94 valence electrons. The molecule has 4 rings (SSSR count). The van der Waals surface area contributed by atoms with E-state index in [0.717, 1.165) is 29.9 Å². The van der Waals surface area contributed by atoms with Crippen molar-refractivity contribution in [2.75, 3.05) is 6.54 Å². The average Bonchev–Trinajstić information content (AvgIpc) is 2.84. The van der Waals surface area contributed by atoms with Crippen LogP contribution in [0.2, 0.25) is 0 Å². The van der Waals surface area contributed by atoms with E-state index in [1.165, 1.54) is 0 Å². The Morgan fingerprint density at radius 3 is 2.68 bits per heavy atom. The third-order valence-electron chi connectivity index (χ3n) is 3.78. The number of Topliss-reactive ketones (excluding diaryl/α,β-unsaturated/α-hetero) is 2. The molecule has 0 atom stereocenters. The zero-order valence-corrected chi connectivity index (χ0v) is 10.2. The van der Waals surface area contributed by atoms with Crippen molar-refractivity contribution in [3.63, 3.8) is 0 Å². The Bertz CT molecular complexity index is 727. The molecule has 2 aromatic rings. The first-order valence-electron chi connectivity index (χ1n) is 6.31. The van der Waals surface area contributed by atoms with Gasteiger partial charge in [-0.05, 0) is 13.0 Å². The molecule has 19 heavy (non-hydrogen) atoms. The number of carbonyl (C=O) groups excluding carboxylic acids is 2. The molecule has 2 aliphatic rings. The highest BCUT2D eigenvalue weighted by atomic mass is 16.3. The van der Waals surface area contributed by atoms with Gasteiger partial charge >= 0.3 is 0 Å². The van der Waals surface area contributed by atoms with Gasteiger partial charge in [-0.25, -0.2) is 0 Å². The van der Waals surface area contributed by atoms with Crippen molar-refractivity contribution in [2.45, 2.75) is 13.0 Å². The van der Waals surface area contributed by atoms with Crippen LogP contribution in [0.3, 0.4) is 0 Å². The summed E-state index contributed by atoms with van der Waals surface area (Å²) in [5.41, 5.74) is 2.57. The second-order valence-corrected chi connectivity index (χ2v) is 4.84. The van der Waals surface area contributed by atoms with E-state index in [-0.39, 0.29) is 0 Å². The molecule has 4 heteroatoms. The van der Waals surface area contributed by atoms with Gasteiger partial charge in [0.2, 0.25) is 11.6 Å². The lowest BCUT2D eigenvalue weighted by Gasteiger charge is -2.14.